The van der Waals surface area contributed by atoms with E-state index in [1.807, 2.05) is 18.2 Å². The van der Waals surface area contributed by atoms with Gasteiger partial charge in [0.2, 0.25) is 0 Å². The zero-order chi connectivity index (χ0) is 22.3. The summed E-state index contributed by atoms with van der Waals surface area (Å²) in [5, 5.41) is 10.8. The second-order valence-electron chi connectivity index (χ2n) is 8.19. The Morgan fingerprint density at radius 3 is 1.81 bits per heavy atom. The molecule has 0 unspecified atom stereocenters. The maximum absolute atomic E-state index is 10.8. The van der Waals surface area contributed by atoms with E-state index in [-0.39, 0.29) is 6.04 Å². The van der Waals surface area contributed by atoms with Crippen LogP contribution in [0.3, 0.4) is 0 Å². The van der Waals surface area contributed by atoms with Crippen LogP contribution in [0.4, 0.5) is 0 Å². The predicted molar refractivity (Wildman–Crippen MR) is 127 cm³/mol. The van der Waals surface area contributed by atoms with Crippen LogP contribution in [0.15, 0.2) is 78.9 Å². The molecule has 1 atom stereocenters. The van der Waals surface area contributed by atoms with Crippen LogP contribution in [0.2, 0.25) is 0 Å². The molecule has 1 N–H and O–H groups in total. The van der Waals surface area contributed by atoms with Gasteiger partial charge in [-0.1, -0.05) is 66.7 Å². The van der Waals surface area contributed by atoms with E-state index < -0.39 is 6.10 Å². The van der Waals surface area contributed by atoms with Gasteiger partial charge in [0.25, 0.3) is 0 Å². The van der Waals surface area contributed by atoms with Gasteiger partial charge in [-0.25, -0.2) is 0 Å². The molecule has 5 nitrogen and oxygen atoms in total. The highest BCUT2D eigenvalue weighted by molar-refractivity contribution is 5.43. The minimum absolute atomic E-state index is 0.246. The van der Waals surface area contributed by atoms with Gasteiger partial charge in [0.1, 0.15) is 0 Å². The van der Waals surface area contributed by atoms with Crippen LogP contribution in [-0.4, -0.2) is 61.8 Å². The van der Waals surface area contributed by atoms with Crippen molar-refractivity contribution in [3.63, 3.8) is 0 Å². The summed E-state index contributed by atoms with van der Waals surface area (Å²) in [5.74, 6) is 1.31. The molecule has 0 bridgehead atoms. The van der Waals surface area contributed by atoms with Crippen molar-refractivity contribution in [1.29, 1.82) is 0 Å². The topological polar surface area (TPSA) is 45.2 Å². The van der Waals surface area contributed by atoms with Crippen molar-refractivity contribution in [2.45, 2.75) is 12.1 Å². The number of hydrogen-bond donors (Lipinski definition) is 1. The predicted octanol–water partition coefficient (Wildman–Crippen LogP) is 4.14. The van der Waals surface area contributed by atoms with E-state index in [9.17, 15) is 5.11 Å². The Morgan fingerprint density at radius 2 is 1.28 bits per heavy atom. The average molecular weight is 433 g/mol. The molecule has 0 spiro atoms. The molecule has 0 saturated carbocycles. The summed E-state index contributed by atoms with van der Waals surface area (Å²) in [5.41, 5.74) is 3.48. The van der Waals surface area contributed by atoms with Gasteiger partial charge in [-0.15, -0.1) is 0 Å². The van der Waals surface area contributed by atoms with Crippen LogP contribution in [-0.2, 0) is 0 Å². The van der Waals surface area contributed by atoms with Crippen molar-refractivity contribution in [1.82, 2.24) is 9.80 Å². The number of methoxy groups -OCH3 is 2. The molecule has 3 aromatic rings. The fraction of sp³-hybridized carbons (Fsp3) is 0.333. The number of aliphatic hydroxyl groups excluding tert-OH is 1. The summed E-state index contributed by atoms with van der Waals surface area (Å²) in [6.07, 6.45) is -0.569. The first-order chi connectivity index (χ1) is 15.7. The molecule has 0 aliphatic carbocycles. The molecule has 1 heterocycles. The van der Waals surface area contributed by atoms with E-state index in [1.54, 1.807) is 14.2 Å². The molecule has 0 amide bonds. The third kappa shape index (κ3) is 5.13. The molecular formula is C27H32N2O3. The summed E-state index contributed by atoms with van der Waals surface area (Å²) in [6, 6.07) is 27.3. The van der Waals surface area contributed by atoms with E-state index in [1.165, 1.54) is 11.1 Å². The van der Waals surface area contributed by atoms with E-state index >= 15 is 0 Å². The SMILES string of the molecule is COc1ccc([C@@H](O)CN2CCN(C(c3ccccc3)c3ccccc3)CC2)cc1OC. The number of piperazine rings is 1. The number of nitrogens with zero attached hydrogens (tertiary/aromatic N) is 2. The number of rotatable bonds is 8. The first kappa shape index (κ1) is 22.3. The molecule has 5 heteroatoms. The van der Waals surface area contributed by atoms with Crippen LogP contribution in [0.5, 0.6) is 11.5 Å². The molecule has 1 aliphatic heterocycles. The molecule has 1 aliphatic rings. The number of β-amino-alcohol motifs (C(OH)–C–C–N with tert-alkyl or cyclic N) is 1. The summed E-state index contributed by atoms with van der Waals surface area (Å²) >= 11 is 0. The monoisotopic (exact) mass is 432 g/mol. The Bertz CT molecular complexity index is 933. The Kier molecular flexibility index (Phi) is 7.43. The second kappa shape index (κ2) is 10.6. The highest BCUT2D eigenvalue weighted by Crippen LogP contribution is 2.32. The van der Waals surface area contributed by atoms with Gasteiger partial charge in [0.05, 0.1) is 26.4 Å². The number of benzene rings is 3. The lowest BCUT2D eigenvalue weighted by Crippen LogP contribution is -2.48. The Morgan fingerprint density at radius 1 is 0.719 bits per heavy atom. The lowest BCUT2D eigenvalue weighted by atomic mass is 9.96. The zero-order valence-electron chi connectivity index (χ0n) is 18.9. The van der Waals surface area contributed by atoms with Gasteiger partial charge >= 0.3 is 0 Å². The van der Waals surface area contributed by atoms with Crippen LogP contribution in [0.1, 0.15) is 28.8 Å². The molecule has 3 aromatic carbocycles. The Balaban J connectivity index is 1.42. The van der Waals surface area contributed by atoms with Crippen molar-refractivity contribution in [2.24, 2.45) is 0 Å². The van der Waals surface area contributed by atoms with Crippen LogP contribution in [0.25, 0.3) is 0 Å². The van der Waals surface area contributed by atoms with Crippen molar-refractivity contribution in [3.05, 3.63) is 95.6 Å². The summed E-state index contributed by atoms with van der Waals surface area (Å²) in [7, 11) is 3.23. The maximum atomic E-state index is 10.8. The van der Waals surface area contributed by atoms with Crippen molar-refractivity contribution in [3.8, 4) is 11.5 Å². The molecule has 1 saturated heterocycles. The third-order valence-electron chi connectivity index (χ3n) is 6.23. The molecule has 0 aromatic heterocycles. The Hall–Kier alpha value is -2.86. The first-order valence-electron chi connectivity index (χ1n) is 11.2. The maximum Gasteiger partial charge on any atom is 0.161 e. The van der Waals surface area contributed by atoms with Crippen LogP contribution in [0, 0.1) is 0 Å². The van der Waals surface area contributed by atoms with E-state index in [2.05, 4.69) is 70.5 Å². The Labute approximate surface area is 190 Å². The number of hydrogen-bond acceptors (Lipinski definition) is 5. The summed E-state index contributed by atoms with van der Waals surface area (Å²) in [6.45, 7) is 4.34. The molecule has 0 radical (unpaired) electrons. The highest BCUT2D eigenvalue weighted by atomic mass is 16.5. The fourth-order valence-corrected chi connectivity index (χ4v) is 4.50. The second-order valence-corrected chi connectivity index (χ2v) is 8.19. The zero-order valence-corrected chi connectivity index (χ0v) is 18.9. The first-order valence-corrected chi connectivity index (χ1v) is 11.2. The largest absolute Gasteiger partial charge is 0.493 e. The lowest BCUT2D eigenvalue weighted by Gasteiger charge is -2.40. The van der Waals surface area contributed by atoms with E-state index in [4.69, 9.17) is 9.47 Å². The van der Waals surface area contributed by atoms with Gasteiger partial charge in [0.15, 0.2) is 11.5 Å². The summed E-state index contributed by atoms with van der Waals surface area (Å²) in [4.78, 5) is 4.88. The summed E-state index contributed by atoms with van der Waals surface area (Å²) < 4.78 is 10.7. The van der Waals surface area contributed by atoms with E-state index in [0.29, 0.717) is 18.0 Å². The van der Waals surface area contributed by atoms with Crippen molar-refractivity contribution in [2.75, 3.05) is 46.9 Å². The van der Waals surface area contributed by atoms with Crippen LogP contribution < -0.4 is 9.47 Å². The van der Waals surface area contributed by atoms with Gasteiger partial charge in [-0.2, -0.15) is 0 Å². The van der Waals surface area contributed by atoms with Crippen molar-refractivity contribution >= 4 is 0 Å². The molecule has 1 fully saturated rings. The standard InChI is InChI=1S/C27H32N2O3/c1-31-25-14-13-23(19-26(25)32-2)24(30)20-28-15-17-29(18-16-28)27(21-9-5-3-6-10-21)22-11-7-4-8-12-22/h3-14,19,24,27,30H,15-18,20H2,1-2H3/t24-/m0/s1. The minimum Gasteiger partial charge on any atom is -0.493 e. The van der Waals surface area contributed by atoms with Crippen molar-refractivity contribution < 1.29 is 14.6 Å². The molecule has 168 valence electrons. The fourth-order valence-electron chi connectivity index (χ4n) is 4.50. The smallest absolute Gasteiger partial charge is 0.161 e. The normalized spacial score (nSPS) is 16.1. The van der Waals surface area contributed by atoms with Gasteiger partial charge in [-0.05, 0) is 28.8 Å². The quantitative estimate of drug-likeness (QED) is 0.580. The van der Waals surface area contributed by atoms with Gasteiger partial charge in [0, 0.05) is 32.7 Å². The number of aliphatic hydroxyl groups is 1. The molecule has 32 heavy (non-hydrogen) atoms. The van der Waals surface area contributed by atoms with Gasteiger partial charge < -0.3 is 14.6 Å². The number of ether oxygens (including phenoxy) is 2. The molecular weight excluding hydrogens is 400 g/mol. The van der Waals surface area contributed by atoms with E-state index in [0.717, 1.165) is 31.7 Å². The third-order valence-corrected chi connectivity index (χ3v) is 6.23. The average Bonchev–Trinajstić information content (AvgIpc) is 2.86. The lowest BCUT2D eigenvalue weighted by molar-refractivity contribution is 0.0622. The molecule has 4 rings (SSSR count). The minimum atomic E-state index is -0.569. The highest BCUT2D eigenvalue weighted by Gasteiger charge is 2.27. The van der Waals surface area contributed by atoms with Crippen LogP contribution >= 0.6 is 0 Å². The van der Waals surface area contributed by atoms with Gasteiger partial charge in [-0.3, -0.25) is 9.80 Å².